The largest absolute Gasteiger partial charge is 0.392 e. The van der Waals surface area contributed by atoms with Crippen LogP contribution in [0, 0.1) is 0 Å². The Morgan fingerprint density at radius 2 is 2.21 bits per heavy atom. The molecule has 2 unspecified atom stereocenters. The van der Waals surface area contributed by atoms with E-state index in [1.165, 1.54) is 19.3 Å². The van der Waals surface area contributed by atoms with Crippen LogP contribution in [-0.4, -0.2) is 41.7 Å². The molecule has 2 rings (SSSR count). The van der Waals surface area contributed by atoms with Gasteiger partial charge in [0, 0.05) is 12.6 Å². The highest BCUT2D eigenvalue weighted by molar-refractivity contribution is 7.80. The van der Waals surface area contributed by atoms with Crippen LogP contribution in [0.5, 0.6) is 0 Å². The van der Waals surface area contributed by atoms with Gasteiger partial charge in [0.2, 0.25) is 0 Å². The van der Waals surface area contributed by atoms with Gasteiger partial charge in [-0.3, -0.25) is 4.90 Å². The normalized spacial score (nSPS) is 34.6. The second-order valence-corrected chi connectivity index (χ2v) is 4.64. The molecule has 3 nitrogen and oxygen atoms in total. The lowest BCUT2D eigenvalue weighted by molar-refractivity contribution is 0.0210. The molecule has 0 bridgehead atoms. The van der Waals surface area contributed by atoms with Crippen LogP contribution >= 0.6 is 12.2 Å². The van der Waals surface area contributed by atoms with Crippen molar-refractivity contribution in [3.05, 3.63) is 0 Å². The minimum atomic E-state index is 0.330. The van der Waals surface area contributed by atoms with E-state index in [1.807, 2.05) is 0 Å². The van der Waals surface area contributed by atoms with Gasteiger partial charge in [-0.05, 0) is 32.2 Å². The highest BCUT2D eigenvalue weighted by atomic mass is 32.1. The summed E-state index contributed by atoms with van der Waals surface area (Å²) in [4.78, 5) is 3.11. The average Bonchev–Trinajstić information content (AvgIpc) is 2.67. The first-order chi connectivity index (χ1) is 6.79. The summed E-state index contributed by atoms with van der Waals surface area (Å²) in [5.41, 5.74) is 5.74. The minimum Gasteiger partial charge on any atom is -0.392 e. The molecule has 0 aromatic heterocycles. The Hall–Kier alpha value is -0.190. The molecule has 0 aromatic carbocycles. The summed E-state index contributed by atoms with van der Waals surface area (Å²) < 4.78 is 5.50. The van der Waals surface area contributed by atoms with E-state index >= 15 is 0 Å². The Kier molecular flexibility index (Phi) is 3.36. The Morgan fingerprint density at radius 3 is 2.86 bits per heavy atom. The van der Waals surface area contributed by atoms with Crippen LogP contribution in [0.25, 0.3) is 0 Å². The van der Waals surface area contributed by atoms with E-state index in [9.17, 15) is 0 Å². The summed E-state index contributed by atoms with van der Waals surface area (Å²) in [5.74, 6) is 0. The molecular weight excluding hydrogens is 196 g/mol. The average molecular weight is 214 g/mol. The molecule has 2 atom stereocenters. The third-order valence-corrected chi connectivity index (χ3v) is 3.50. The highest BCUT2D eigenvalue weighted by Gasteiger charge is 2.33. The van der Waals surface area contributed by atoms with Gasteiger partial charge in [0.25, 0.3) is 0 Å². The molecule has 0 aliphatic carbocycles. The number of thiocarbonyl (C=S) groups is 1. The van der Waals surface area contributed by atoms with Crippen molar-refractivity contribution in [2.75, 3.05) is 19.8 Å². The van der Waals surface area contributed by atoms with Crippen molar-refractivity contribution in [2.45, 2.75) is 37.8 Å². The second kappa shape index (κ2) is 4.55. The van der Waals surface area contributed by atoms with Gasteiger partial charge in [-0.2, -0.15) is 0 Å². The van der Waals surface area contributed by atoms with Gasteiger partial charge in [0.1, 0.15) is 0 Å². The molecule has 80 valence electrons. The summed E-state index contributed by atoms with van der Waals surface area (Å²) >= 11 is 5.10. The first kappa shape index (κ1) is 10.3. The van der Waals surface area contributed by atoms with Crippen LogP contribution in [0.2, 0.25) is 0 Å². The SMILES string of the molecule is NC(=S)C1CCCN1C1CCCOC1. The van der Waals surface area contributed by atoms with Gasteiger partial charge in [-0.25, -0.2) is 0 Å². The third-order valence-electron chi connectivity index (χ3n) is 3.23. The maximum atomic E-state index is 5.74. The number of hydrogen-bond donors (Lipinski definition) is 1. The molecular formula is C10H18N2OS. The lowest BCUT2D eigenvalue weighted by Gasteiger charge is -2.34. The number of rotatable bonds is 2. The summed E-state index contributed by atoms with van der Waals surface area (Å²) in [7, 11) is 0. The maximum Gasteiger partial charge on any atom is 0.0902 e. The first-order valence-electron chi connectivity index (χ1n) is 5.42. The van der Waals surface area contributed by atoms with Gasteiger partial charge in [-0.15, -0.1) is 0 Å². The number of likely N-dealkylation sites (tertiary alicyclic amines) is 1. The van der Waals surface area contributed by atoms with Crippen molar-refractivity contribution in [3.63, 3.8) is 0 Å². The molecule has 0 radical (unpaired) electrons. The number of nitrogens with two attached hydrogens (primary N) is 1. The predicted octanol–water partition coefficient (Wildman–Crippen LogP) is 0.916. The smallest absolute Gasteiger partial charge is 0.0902 e. The molecule has 2 fully saturated rings. The van der Waals surface area contributed by atoms with Gasteiger partial charge in [0.15, 0.2) is 0 Å². The zero-order chi connectivity index (χ0) is 9.97. The van der Waals surface area contributed by atoms with E-state index in [0.717, 1.165) is 26.2 Å². The molecule has 0 aromatic rings. The standard InChI is InChI=1S/C10H18N2OS/c11-10(14)9-4-1-5-12(9)8-3-2-6-13-7-8/h8-9H,1-7H2,(H2,11,14). The van der Waals surface area contributed by atoms with Crippen molar-refractivity contribution in [1.29, 1.82) is 0 Å². The fraction of sp³-hybridized carbons (Fsp3) is 0.900. The van der Waals surface area contributed by atoms with Crippen LogP contribution < -0.4 is 5.73 Å². The fourth-order valence-electron chi connectivity index (χ4n) is 2.52. The third kappa shape index (κ3) is 2.07. The van der Waals surface area contributed by atoms with Gasteiger partial charge in [-0.1, -0.05) is 12.2 Å². The molecule has 4 heteroatoms. The molecule has 0 spiro atoms. The summed E-state index contributed by atoms with van der Waals surface area (Å²) in [5, 5.41) is 0. The lowest BCUT2D eigenvalue weighted by Crippen LogP contribution is -2.48. The Morgan fingerprint density at radius 1 is 1.36 bits per heavy atom. The van der Waals surface area contributed by atoms with Crippen molar-refractivity contribution in [3.8, 4) is 0 Å². The maximum absolute atomic E-state index is 5.74. The van der Waals surface area contributed by atoms with Crippen LogP contribution in [0.15, 0.2) is 0 Å². The molecule has 0 amide bonds. The van der Waals surface area contributed by atoms with Crippen LogP contribution in [0.3, 0.4) is 0 Å². The zero-order valence-electron chi connectivity index (χ0n) is 8.45. The van der Waals surface area contributed by atoms with Gasteiger partial charge in [0.05, 0.1) is 17.6 Å². The quantitative estimate of drug-likeness (QED) is 0.694. The van der Waals surface area contributed by atoms with E-state index in [1.54, 1.807) is 0 Å². The van der Waals surface area contributed by atoms with E-state index in [-0.39, 0.29) is 0 Å². The van der Waals surface area contributed by atoms with Crippen LogP contribution in [0.4, 0.5) is 0 Å². The van der Waals surface area contributed by atoms with Crippen molar-refractivity contribution >= 4 is 17.2 Å². The van der Waals surface area contributed by atoms with Crippen molar-refractivity contribution < 1.29 is 4.74 Å². The predicted molar refractivity (Wildman–Crippen MR) is 60.4 cm³/mol. The number of hydrogen-bond acceptors (Lipinski definition) is 3. The van der Waals surface area contributed by atoms with Gasteiger partial charge >= 0.3 is 0 Å². The lowest BCUT2D eigenvalue weighted by atomic mass is 10.1. The van der Waals surface area contributed by atoms with E-state index in [4.69, 9.17) is 22.7 Å². The van der Waals surface area contributed by atoms with Crippen LogP contribution in [-0.2, 0) is 4.74 Å². The van der Waals surface area contributed by atoms with E-state index < -0.39 is 0 Å². The summed E-state index contributed by atoms with van der Waals surface area (Å²) in [6.07, 6.45) is 4.76. The van der Waals surface area contributed by atoms with E-state index in [2.05, 4.69) is 4.90 Å². The van der Waals surface area contributed by atoms with Crippen molar-refractivity contribution in [1.82, 2.24) is 4.90 Å². The Labute approximate surface area is 90.6 Å². The van der Waals surface area contributed by atoms with E-state index in [0.29, 0.717) is 17.1 Å². The molecule has 2 N–H and O–H groups in total. The zero-order valence-corrected chi connectivity index (χ0v) is 9.26. The molecule has 2 saturated heterocycles. The monoisotopic (exact) mass is 214 g/mol. The van der Waals surface area contributed by atoms with Crippen molar-refractivity contribution in [2.24, 2.45) is 5.73 Å². The summed E-state index contributed by atoms with van der Waals surface area (Å²) in [6, 6.07) is 0.884. The number of nitrogens with zero attached hydrogens (tertiary/aromatic N) is 1. The number of ether oxygens (including phenoxy) is 1. The molecule has 0 saturated carbocycles. The minimum absolute atomic E-state index is 0.330. The topological polar surface area (TPSA) is 38.5 Å². The first-order valence-corrected chi connectivity index (χ1v) is 5.82. The molecule has 14 heavy (non-hydrogen) atoms. The highest BCUT2D eigenvalue weighted by Crippen LogP contribution is 2.24. The van der Waals surface area contributed by atoms with Crippen LogP contribution in [0.1, 0.15) is 25.7 Å². The molecule has 2 heterocycles. The Bertz CT molecular complexity index is 216. The Balaban J connectivity index is 1.97. The second-order valence-electron chi connectivity index (χ2n) is 4.17. The molecule has 2 aliphatic rings. The fourth-order valence-corrected chi connectivity index (χ4v) is 2.77. The summed E-state index contributed by atoms with van der Waals surface area (Å²) in [6.45, 7) is 2.91. The molecule has 2 aliphatic heterocycles. The van der Waals surface area contributed by atoms with Gasteiger partial charge < -0.3 is 10.5 Å².